The molecule has 1 aromatic heterocycles. The van der Waals surface area contributed by atoms with Crippen LogP contribution in [-0.4, -0.2) is 66.0 Å². The number of nitrogens with zero attached hydrogens (tertiary/aromatic N) is 2. The van der Waals surface area contributed by atoms with E-state index >= 15 is 0 Å². The van der Waals surface area contributed by atoms with Gasteiger partial charge in [0.2, 0.25) is 0 Å². The van der Waals surface area contributed by atoms with Crippen LogP contribution in [0.2, 0.25) is 0 Å². The van der Waals surface area contributed by atoms with Gasteiger partial charge in [-0.3, -0.25) is 14.5 Å². The zero-order valence-corrected chi connectivity index (χ0v) is 17.9. The number of rotatable bonds is 6. The Morgan fingerprint density at radius 3 is 2.53 bits per heavy atom. The fourth-order valence-electron chi connectivity index (χ4n) is 4.01. The van der Waals surface area contributed by atoms with Gasteiger partial charge in [0.25, 0.3) is 11.7 Å². The van der Waals surface area contributed by atoms with E-state index in [-0.39, 0.29) is 11.3 Å². The predicted molar refractivity (Wildman–Crippen MR) is 116 cm³/mol. The van der Waals surface area contributed by atoms with Crippen LogP contribution in [0.25, 0.3) is 5.76 Å². The van der Waals surface area contributed by atoms with E-state index in [4.69, 9.17) is 4.74 Å². The molecule has 1 atom stereocenters. The van der Waals surface area contributed by atoms with E-state index in [9.17, 15) is 14.7 Å². The number of Topliss-reactive ketones (excluding diaryl/α,β-unsaturated/α-hetero) is 1. The van der Waals surface area contributed by atoms with Crippen molar-refractivity contribution in [1.29, 1.82) is 0 Å². The molecule has 2 aliphatic heterocycles. The lowest BCUT2D eigenvalue weighted by atomic mass is 9.99. The second kappa shape index (κ2) is 9.12. The summed E-state index contributed by atoms with van der Waals surface area (Å²) < 4.78 is 5.38. The number of carbonyl (C=O) groups is 2. The Bertz CT molecular complexity index is 931. The number of morpholine rings is 1. The van der Waals surface area contributed by atoms with E-state index in [1.807, 2.05) is 36.6 Å². The maximum Gasteiger partial charge on any atom is 0.295 e. The fourth-order valence-corrected chi connectivity index (χ4v) is 4.86. The van der Waals surface area contributed by atoms with Crippen LogP contribution in [0.1, 0.15) is 28.5 Å². The minimum atomic E-state index is -0.613. The van der Waals surface area contributed by atoms with Crippen LogP contribution < -0.4 is 0 Å². The van der Waals surface area contributed by atoms with Gasteiger partial charge in [-0.25, -0.2) is 0 Å². The first-order valence-electron chi connectivity index (χ1n) is 10.2. The van der Waals surface area contributed by atoms with Crippen molar-refractivity contribution in [3.8, 4) is 0 Å². The van der Waals surface area contributed by atoms with Gasteiger partial charge in [-0.2, -0.15) is 0 Å². The van der Waals surface area contributed by atoms with Crippen molar-refractivity contribution in [3.63, 3.8) is 0 Å². The lowest BCUT2D eigenvalue weighted by molar-refractivity contribution is -0.140. The van der Waals surface area contributed by atoms with E-state index in [1.165, 1.54) is 11.3 Å². The molecular weight excluding hydrogens is 400 g/mol. The van der Waals surface area contributed by atoms with Gasteiger partial charge in [0, 0.05) is 36.6 Å². The first-order chi connectivity index (χ1) is 14.6. The molecule has 0 aliphatic carbocycles. The average Bonchev–Trinajstić information content (AvgIpc) is 3.37. The number of aryl methyl sites for hydroxylation is 1. The maximum absolute atomic E-state index is 12.9. The lowest BCUT2D eigenvalue weighted by Gasteiger charge is -2.28. The SMILES string of the molecule is Cc1ccc(/C(O)=C2\C(=O)C(=O)N(CCCN3CCOCC3)[C@@H]2c2cccs2)cc1. The van der Waals surface area contributed by atoms with Crippen LogP contribution in [0.15, 0.2) is 47.4 Å². The molecule has 2 aromatic rings. The highest BCUT2D eigenvalue weighted by Gasteiger charge is 2.46. The molecule has 3 heterocycles. The monoisotopic (exact) mass is 426 g/mol. The van der Waals surface area contributed by atoms with Gasteiger partial charge >= 0.3 is 0 Å². The van der Waals surface area contributed by atoms with Crippen molar-refractivity contribution in [2.75, 3.05) is 39.4 Å². The number of benzene rings is 1. The molecule has 6 nitrogen and oxygen atoms in total. The fraction of sp³-hybridized carbons (Fsp3) is 0.391. The zero-order chi connectivity index (χ0) is 21.1. The molecule has 1 aromatic carbocycles. The van der Waals surface area contributed by atoms with Crippen LogP contribution >= 0.6 is 11.3 Å². The summed E-state index contributed by atoms with van der Waals surface area (Å²) in [6.07, 6.45) is 0.763. The molecule has 2 aliphatic rings. The molecule has 7 heteroatoms. The summed E-state index contributed by atoms with van der Waals surface area (Å²) in [5.41, 5.74) is 1.79. The van der Waals surface area contributed by atoms with Crippen molar-refractivity contribution in [1.82, 2.24) is 9.80 Å². The Hall–Kier alpha value is -2.48. The molecule has 30 heavy (non-hydrogen) atoms. The lowest BCUT2D eigenvalue weighted by Crippen LogP contribution is -2.38. The number of amides is 1. The van der Waals surface area contributed by atoms with E-state index in [0.29, 0.717) is 12.1 Å². The normalized spacial score (nSPS) is 22.0. The first kappa shape index (κ1) is 20.8. The molecule has 2 fully saturated rings. The van der Waals surface area contributed by atoms with Gasteiger partial charge in [-0.1, -0.05) is 35.9 Å². The van der Waals surface area contributed by atoms with Crippen LogP contribution in [0.3, 0.4) is 0 Å². The third-order valence-electron chi connectivity index (χ3n) is 5.65. The molecule has 0 radical (unpaired) electrons. The molecule has 0 saturated carbocycles. The van der Waals surface area contributed by atoms with Crippen molar-refractivity contribution in [2.24, 2.45) is 0 Å². The summed E-state index contributed by atoms with van der Waals surface area (Å²) in [6.45, 7) is 6.52. The van der Waals surface area contributed by atoms with E-state index in [0.717, 1.165) is 49.7 Å². The molecule has 158 valence electrons. The van der Waals surface area contributed by atoms with Gasteiger partial charge < -0.3 is 14.7 Å². The molecular formula is C23H26N2O4S. The third kappa shape index (κ3) is 4.19. The molecule has 0 spiro atoms. The van der Waals surface area contributed by atoms with Crippen LogP contribution in [0.4, 0.5) is 0 Å². The summed E-state index contributed by atoms with van der Waals surface area (Å²) in [4.78, 5) is 30.6. The van der Waals surface area contributed by atoms with Gasteiger partial charge in [0.15, 0.2) is 0 Å². The van der Waals surface area contributed by atoms with E-state index in [2.05, 4.69) is 4.90 Å². The van der Waals surface area contributed by atoms with Crippen molar-refractivity contribution < 1.29 is 19.4 Å². The number of aliphatic hydroxyl groups excluding tert-OH is 1. The average molecular weight is 427 g/mol. The molecule has 2 saturated heterocycles. The van der Waals surface area contributed by atoms with E-state index in [1.54, 1.807) is 17.0 Å². The molecule has 0 bridgehead atoms. The second-order valence-corrected chi connectivity index (χ2v) is 8.66. The highest BCUT2D eigenvalue weighted by Crippen LogP contribution is 2.41. The standard InChI is InChI=1S/C23H26N2O4S/c1-16-5-7-17(8-6-16)21(26)19-20(18-4-2-15-30-18)25(23(28)22(19)27)10-3-9-24-11-13-29-14-12-24/h2,4-8,15,20,26H,3,9-14H2,1H3/b21-19+/t20-/m1/s1. The van der Waals surface area contributed by atoms with Crippen molar-refractivity contribution in [2.45, 2.75) is 19.4 Å². The number of aliphatic hydroxyl groups is 1. The minimum Gasteiger partial charge on any atom is -0.507 e. The Morgan fingerprint density at radius 1 is 1.13 bits per heavy atom. The van der Waals surface area contributed by atoms with Gasteiger partial charge in [-0.05, 0) is 24.8 Å². The highest BCUT2D eigenvalue weighted by atomic mass is 32.1. The van der Waals surface area contributed by atoms with Crippen molar-refractivity contribution >= 4 is 28.8 Å². The Morgan fingerprint density at radius 2 is 1.87 bits per heavy atom. The van der Waals surface area contributed by atoms with Gasteiger partial charge in [-0.15, -0.1) is 11.3 Å². The number of ether oxygens (including phenoxy) is 1. The number of thiophene rings is 1. The molecule has 1 N–H and O–H groups in total. The highest BCUT2D eigenvalue weighted by molar-refractivity contribution is 7.10. The summed E-state index contributed by atoms with van der Waals surface area (Å²) >= 11 is 1.49. The smallest absolute Gasteiger partial charge is 0.295 e. The number of ketones is 1. The summed E-state index contributed by atoms with van der Waals surface area (Å²) in [7, 11) is 0. The first-order valence-corrected chi connectivity index (χ1v) is 11.1. The summed E-state index contributed by atoms with van der Waals surface area (Å²) in [6, 6.07) is 10.6. The second-order valence-electron chi connectivity index (χ2n) is 7.68. The topological polar surface area (TPSA) is 70.1 Å². The number of hydrogen-bond donors (Lipinski definition) is 1. The van der Waals surface area contributed by atoms with Crippen LogP contribution in [0.5, 0.6) is 0 Å². The summed E-state index contributed by atoms with van der Waals surface area (Å²) in [5, 5.41) is 12.9. The number of carbonyl (C=O) groups excluding carboxylic acids is 2. The van der Waals surface area contributed by atoms with Gasteiger partial charge in [0.05, 0.1) is 24.8 Å². The number of hydrogen-bond acceptors (Lipinski definition) is 6. The molecule has 1 amide bonds. The Labute approximate surface area is 180 Å². The molecule has 4 rings (SSSR count). The quantitative estimate of drug-likeness (QED) is 0.436. The van der Waals surface area contributed by atoms with E-state index < -0.39 is 17.7 Å². The predicted octanol–water partition coefficient (Wildman–Crippen LogP) is 3.20. The largest absolute Gasteiger partial charge is 0.507 e. The van der Waals surface area contributed by atoms with Crippen LogP contribution in [0, 0.1) is 6.92 Å². The third-order valence-corrected chi connectivity index (χ3v) is 6.58. The van der Waals surface area contributed by atoms with Crippen LogP contribution in [-0.2, 0) is 14.3 Å². The number of likely N-dealkylation sites (tertiary alicyclic amines) is 1. The van der Waals surface area contributed by atoms with Gasteiger partial charge in [0.1, 0.15) is 5.76 Å². The Balaban J connectivity index is 1.61. The summed E-state index contributed by atoms with van der Waals surface area (Å²) in [5.74, 6) is -1.26. The maximum atomic E-state index is 12.9. The molecule has 0 unspecified atom stereocenters. The Kier molecular flexibility index (Phi) is 6.32. The minimum absolute atomic E-state index is 0.109. The van der Waals surface area contributed by atoms with Crippen molar-refractivity contribution in [3.05, 3.63) is 63.4 Å². The zero-order valence-electron chi connectivity index (χ0n) is 17.0.